The summed E-state index contributed by atoms with van der Waals surface area (Å²) in [6, 6.07) is 16.0. The molecular weight excluding hydrogens is 318 g/mol. The van der Waals surface area contributed by atoms with Crippen molar-refractivity contribution in [2.75, 3.05) is 23.4 Å². The van der Waals surface area contributed by atoms with Gasteiger partial charge in [-0.15, -0.1) is 0 Å². The summed E-state index contributed by atoms with van der Waals surface area (Å²) in [5.41, 5.74) is 3.25. The fourth-order valence-corrected chi connectivity index (χ4v) is 3.03. The quantitative estimate of drug-likeness (QED) is 0.663. The zero-order chi connectivity index (χ0) is 17.2. The second-order valence-corrected chi connectivity index (χ2v) is 6.94. The van der Waals surface area contributed by atoms with Gasteiger partial charge in [-0.1, -0.05) is 29.8 Å². The lowest BCUT2D eigenvalue weighted by Crippen LogP contribution is -2.14. The topological polar surface area (TPSA) is 38.3 Å². The Morgan fingerprint density at radius 1 is 1.04 bits per heavy atom. The van der Waals surface area contributed by atoms with E-state index in [4.69, 9.17) is 4.74 Å². The van der Waals surface area contributed by atoms with Crippen molar-refractivity contribution in [1.29, 1.82) is 0 Å². The van der Waals surface area contributed by atoms with Crippen molar-refractivity contribution >= 4 is 23.4 Å². The molecule has 0 aliphatic heterocycles. The first-order valence-electron chi connectivity index (χ1n) is 8.27. The van der Waals surface area contributed by atoms with Gasteiger partial charge in [0.1, 0.15) is 5.75 Å². The standard InChI is InChI=1S/C20H25NO2S/c1-16-8-10-19(11-9-16)23-12-3-4-13-24-15-20(22)21-18-7-5-6-17(2)14-18/h5-11,14H,3-4,12-13,15H2,1-2H3,(H,21,22). The van der Waals surface area contributed by atoms with Crippen LogP contribution < -0.4 is 10.1 Å². The zero-order valence-corrected chi connectivity index (χ0v) is 15.2. The number of hydrogen-bond acceptors (Lipinski definition) is 3. The molecule has 0 bridgehead atoms. The number of unbranched alkanes of at least 4 members (excludes halogenated alkanes) is 1. The highest BCUT2D eigenvalue weighted by Crippen LogP contribution is 2.13. The number of thioether (sulfide) groups is 1. The predicted octanol–water partition coefficient (Wildman–Crippen LogP) is 4.83. The first-order chi connectivity index (χ1) is 11.6. The van der Waals surface area contributed by atoms with Crippen LogP contribution in [0.15, 0.2) is 48.5 Å². The van der Waals surface area contributed by atoms with Crippen LogP contribution in [0.25, 0.3) is 0 Å². The molecule has 0 aliphatic carbocycles. The molecule has 4 heteroatoms. The molecule has 0 unspecified atom stereocenters. The van der Waals surface area contributed by atoms with Gasteiger partial charge in [0.15, 0.2) is 0 Å². The van der Waals surface area contributed by atoms with E-state index in [9.17, 15) is 4.79 Å². The molecule has 1 N–H and O–H groups in total. The first kappa shape index (κ1) is 18.4. The minimum atomic E-state index is 0.0569. The molecule has 128 valence electrons. The number of ether oxygens (including phenoxy) is 1. The summed E-state index contributed by atoms with van der Waals surface area (Å²) in [5, 5.41) is 2.93. The average molecular weight is 343 g/mol. The highest BCUT2D eigenvalue weighted by molar-refractivity contribution is 7.99. The molecular formula is C20H25NO2S. The van der Waals surface area contributed by atoms with Gasteiger partial charge in [-0.25, -0.2) is 0 Å². The van der Waals surface area contributed by atoms with Crippen LogP contribution in [0.2, 0.25) is 0 Å². The van der Waals surface area contributed by atoms with Crippen LogP contribution in [0, 0.1) is 13.8 Å². The van der Waals surface area contributed by atoms with Crippen LogP contribution in [-0.4, -0.2) is 24.0 Å². The van der Waals surface area contributed by atoms with E-state index >= 15 is 0 Å². The van der Waals surface area contributed by atoms with E-state index in [0.717, 1.165) is 42.2 Å². The Bertz CT molecular complexity index is 640. The molecule has 2 rings (SSSR count). The summed E-state index contributed by atoms with van der Waals surface area (Å²) in [6.45, 7) is 4.80. The molecule has 0 saturated heterocycles. The summed E-state index contributed by atoms with van der Waals surface area (Å²) < 4.78 is 5.69. The Morgan fingerprint density at radius 3 is 2.58 bits per heavy atom. The van der Waals surface area contributed by atoms with E-state index in [1.54, 1.807) is 11.8 Å². The highest BCUT2D eigenvalue weighted by Gasteiger charge is 2.02. The minimum absolute atomic E-state index is 0.0569. The van der Waals surface area contributed by atoms with Gasteiger partial charge in [0, 0.05) is 5.69 Å². The Hall–Kier alpha value is -1.94. The van der Waals surface area contributed by atoms with E-state index < -0.39 is 0 Å². The molecule has 1 amide bonds. The maximum Gasteiger partial charge on any atom is 0.234 e. The second kappa shape index (κ2) is 10.0. The summed E-state index contributed by atoms with van der Waals surface area (Å²) in [4.78, 5) is 11.9. The van der Waals surface area contributed by atoms with Crippen molar-refractivity contribution in [2.45, 2.75) is 26.7 Å². The molecule has 0 atom stereocenters. The number of carbonyl (C=O) groups is 1. The Morgan fingerprint density at radius 2 is 1.83 bits per heavy atom. The van der Waals surface area contributed by atoms with E-state index in [2.05, 4.69) is 24.4 Å². The maximum absolute atomic E-state index is 11.9. The third-order valence-corrected chi connectivity index (χ3v) is 4.55. The van der Waals surface area contributed by atoms with Crippen molar-refractivity contribution in [3.05, 3.63) is 59.7 Å². The van der Waals surface area contributed by atoms with Crippen molar-refractivity contribution in [3.63, 3.8) is 0 Å². The Labute approximate surface area is 148 Å². The molecule has 0 spiro atoms. The average Bonchev–Trinajstić information content (AvgIpc) is 2.55. The van der Waals surface area contributed by atoms with Gasteiger partial charge in [-0.2, -0.15) is 11.8 Å². The number of anilines is 1. The normalized spacial score (nSPS) is 10.4. The minimum Gasteiger partial charge on any atom is -0.494 e. The zero-order valence-electron chi connectivity index (χ0n) is 14.4. The summed E-state index contributed by atoms with van der Waals surface area (Å²) >= 11 is 1.67. The number of rotatable bonds is 9. The van der Waals surface area contributed by atoms with Crippen LogP contribution in [0.4, 0.5) is 5.69 Å². The van der Waals surface area contributed by atoms with Gasteiger partial charge in [-0.05, 0) is 62.3 Å². The van der Waals surface area contributed by atoms with Crippen LogP contribution in [0.5, 0.6) is 5.75 Å². The van der Waals surface area contributed by atoms with Gasteiger partial charge < -0.3 is 10.1 Å². The van der Waals surface area contributed by atoms with Crippen molar-refractivity contribution in [3.8, 4) is 5.75 Å². The van der Waals surface area contributed by atoms with Crippen molar-refractivity contribution in [2.24, 2.45) is 0 Å². The predicted molar refractivity (Wildman–Crippen MR) is 103 cm³/mol. The third kappa shape index (κ3) is 7.09. The maximum atomic E-state index is 11.9. The number of aryl methyl sites for hydroxylation is 2. The molecule has 0 saturated carbocycles. The summed E-state index contributed by atoms with van der Waals surface area (Å²) in [5.74, 6) is 2.44. The Balaban J connectivity index is 1.51. The van der Waals surface area contributed by atoms with E-state index in [0.29, 0.717) is 5.75 Å². The number of nitrogens with one attached hydrogen (secondary N) is 1. The molecule has 24 heavy (non-hydrogen) atoms. The van der Waals surface area contributed by atoms with E-state index in [1.165, 1.54) is 5.56 Å². The van der Waals surface area contributed by atoms with Crippen LogP contribution in [-0.2, 0) is 4.79 Å². The van der Waals surface area contributed by atoms with E-state index in [1.807, 2.05) is 43.3 Å². The number of amides is 1. The molecule has 0 aromatic heterocycles. The Kier molecular flexibility index (Phi) is 7.69. The molecule has 0 aliphatic rings. The molecule has 0 heterocycles. The van der Waals surface area contributed by atoms with Crippen LogP contribution >= 0.6 is 11.8 Å². The monoisotopic (exact) mass is 343 g/mol. The van der Waals surface area contributed by atoms with Crippen molar-refractivity contribution in [1.82, 2.24) is 0 Å². The van der Waals surface area contributed by atoms with Gasteiger partial charge >= 0.3 is 0 Å². The smallest absolute Gasteiger partial charge is 0.234 e. The van der Waals surface area contributed by atoms with Gasteiger partial charge in [-0.3, -0.25) is 4.79 Å². The first-order valence-corrected chi connectivity index (χ1v) is 9.43. The molecule has 0 fully saturated rings. The fraction of sp³-hybridized carbons (Fsp3) is 0.350. The van der Waals surface area contributed by atoms with E-state index in [-0.39, 0.29) is 5.91 Å². The third-order valence-electron chi connectivity index (χ3n) is 3.51. The van der Waals surface area contributed by atoms with Gasteiger partial charge in [0.05, 0.1) is 12.4 Å². The lowest BCUT2D eigenvalue weighted by molar-refractivity contribution is -0.113. The molecule has 3 nitrogen and oxygen atoms in total. The SMILES string of the molecule is Cc1ccc(OCCCCSCC(=O)Nc2cccc(C)c2)cc1. The number of carbonyl (C=O) groups excluding carboxylic acids is 1. The second-order valence-electron chi connectivity index (χ2n) is 5.84. The van der Waals surface area contributed by atoms with Crippen LogP contribution in [0.1, 0.15) is 24.0 Å². The van der Waals surface area contributed by atoms with Gasteiger partial charge in [0.2, 0.25) is 5.91 Å². The van der Waals surface area contributed by atoms with Crippen LogP contribution in [0.3, 0.4) is 0 Å². The van der Waals surface area contributed by atoms with Crippen molar-refractivity contribution < 1.29 is 9.53 Å². The fourth-order valence-electron chi connectivity index (χ4n) is 2.22. The summed E-state index contributed by atoms with van der Waals surface area (Å²) in [7, 11) is 0. The largest absolute Gasteiger partial charge is 0.494 e. The van der Waals surface area contributed by atoms with Gasteiger partial charge in [0.25, 0.3) is 0 Å². The molecule has 2 aromatic carbocycles. The number of benzene rings is 2. The summed E-state index contributed by atoms with van der Waals surface area (Å²) in [6.07, 6.45) is 2.05. The highest BCUT2D eigenvalue weighted by atomic mass is 32.2. The lowest BCUT2D eigenvalue weighted by Gasteiger charge is -2.07. The lowest BCUT2D eigenvalue weighted by atomic mass is 10.2. The number of hydrogen-bond donors (Lipinski definition) is 1. The molecule has 2 aromatic rings. The molecule has 0 radical (unpaired) electrons.